The average Bonchev–Trinajstić information content (AvgIpc) is 2.75. The quantitative estimate of drug-likeness (QED) is 0.371. The Hall–Kier alpha value is -3.65. The van der Waals surface area contributed by atoms with E-state index < -0.39 is 0 Å². The van der Waals surface area contributed by atoms with Crippen LogP contribution in [-0.2, 0) is 0 Å². The number of nitrogens with one attached hydrogen (secondary N) is 1. The number of rotatable bonds is 3. The van der Waals surface area contributed by atoms with E-state index in [1.165, 1.54) is 16.3 Å². The molecule has 134 valence electrons. The van der Waals surface area contributed by atoms with Crippen molar-refractivity contribution in [3.05, 3.63) is 103 Å². The van der Waals surface area contributed by atoms with Gasteiger partial charge in [0.1, 0.15) is 0 Å². The molecule has 0 unspecified atom stereocenters. The van der Waals surface area contributed by atoms with Crippen LogP contribution in [-0.4, -0.2) is 4.98 Å². The molecule has 0 saturated carbocycles. The van der Waals surface area contributed by atoms with E-state index in [0.717, 1.165) is 33.5 Å². The third kappa shape index (κ3) is 3.10. The van der Waals surface area contributed by atoms with E-state index in [1.54, 1.807) is 0 Å². The molecule has 0 saturated heterocycles. The van der Waals surface area contributed by atoms with Gasteiger partial charge in [0.15, 0.2) is 0 Å². The van der Waals surface area contributed by atoms with Gasteiger partial charge in [-0.05, 0) is 48.0 Å². The van der Waals surface area contributed by atoms with Gasteiger partial charge >= 0.3 is 0 Å². The molecule has 0 radical (unpaired) electrons. The van der Waals surface area contributed by atoms with Crippen LogP contribution in [0.3, 0.4) is 0 Å². The molecule has 28 heavy (non-hydrogen) atoms. The van der Waals surface area contributed by atoms with Crippen LogP contribution < -0.4 is 5.32 Å². The fourth-order valence-corrected chi connectivity index (χ4v) is 3.57. The molecule has 1 aromatic heterocycles. The van der Waals surface area contributed by atoms with Gasteiger partial charge in [-0.15, -0.1) is 0 Å². The van der Waals surface area contributed by atoms with Crippen LogP contribution in [0.25, 0.3) is 32.9 Å². The van der Waals surface area contributed by atoms with E-state index in [0.29, 0.717) is 0 Å². The number of benzene rings is 4. The van der Waals surface area contributed by atoms with Gasteiger partial charge in [-0.3, -0.25) is 0 Å². The molecule has 0 spiro atoms. The molecule has 0 aliphatic carbocycles. The van der Waals surface area contributed by atoms with Crippen LogP contribution in [0.15, 0.2) is 97.1 Å². The lowest BCUT2D eigenvalue weighted by Gasteiger charge is -2.13. The van der Waals surface area contributed by atoms with Gasteiger partial charge in [0, 0.05) is 16.6 Å². The van der Waals surface area contributed by atoms with Crippen molar-refractivity contribution in [2.45, 2.75) is 6.92 Å². The van der Waals surface area contributed by atoms with Gasteiger partial charge < -0.3 is 5.32 Å². The topological polar surface area (TPSA) is 24.9 Å². The van der Waals surface area contributed by atoms with Crippen LogP contribution in [0.1, 0.15) is 5.56 Å². The molecule has 0 fully saturated rings. The summed E-state index contributed by atoms with van der Waals surface area (Å²) >= 11 is 0. The SMILES string of the molecule is Cc1ccc(Nc2cc(-c3ccc4ccccc4c3)nc3ccccc23)cc1. The normalized spacial score (nSPS) is 11.0. The molecule has 0 atom stereocenters. The molecule has 5 aromatic rings. The summed E-state index contributed by atoms with van der Waals surface area (Å²) < 4.78 is 0. The zero-order valence-electron chi connectivity index (χ0n) is 15.7. The minimum absolute atomic E-state index is 0.971. The highest BCUT2D eigenvalue weighted by atomic mass is 14.9. The van der Waals surface area contributed by atoms with Crippen LogP contribution in [0.2, 0.25) is 0 Å². The van der Waals surface area contributed by atoms with Gasteiger partial charge in [-0.25, -0.2) is 4.98 Å². The summed E-state index contributed by atoms with van der Waals surface area (Å²) in [5.74, 6) is 0. The Morgan fingerprint density at radius 2 is 1.43 bits per heavy atom. The number of aromatic nitrogens is 1. The Labute approximate surface area is 164 Å². The molecule has 2 heteroatoms. The lowest BCUT2D eigenvalue weighted by atomic mass is 10.0. The molecular weight excluding hydrogens is 340 g/mol. The summed E-state index contributed by atoms with van der Waals surface area (Å²) in [7, 11) is 0. The maximum absolute atomic E-state index is 4.93. The van der Waals surface area contributed by atoms with E-state index in [4.69, 9.17) is 4.98 Å². The number of aryl methyl sites for hydroxylation is 1. The molecule has 2 nitrogen and oxygen atoms in total. The molecule has 1 N–H and O–H groups in total. The molecule has 0 bridgehead atoms. The average molecular weight is 360 g/mol. The summed E-state index contributed by atoms with van der Waals surface area (Å²) in [6, 6.07) is 33.8. The van der Waals surface area contributed by atoms with Crippen molar-refractivity contribution in [2.24, 2.45) is 0 Å². The van der Waals surface area contributed by atoms with Crippen molar-refractivity contribution in [3.63, 3.8) is 0 Å². The van der Waals surface area contributed by atoms with E-state index in [-0.39, 0.29) is 0 Å². The van der Waals surface area contributed by atoms with Crippen LogP contribution in [0.5, 0.6) is 0 Å². The number of pyridine rings is 1. The molecule has 0 amide bonds. The second-order valence-corrected chi connectivity index (χ2v) is 7.13. The van der Waals surface area contributed by atoms with Crippen molar-refractivity contribution in [3.8, 4) is 11.3 Å². The summed E-state index contributed by atoms with van der Waals surface area (Å²) in [6.45, 7) is 2.10. The number of fused-ring (bicyclic) bond motifs is 2. The predicted octanol–water partition coefficient (Wildman–Crippen LogP) is 7.11. The second kappa shape index (κ2) is 6.82. The fourth-order valence-electron chi connectivity index (χ4n) is 3.57. The van der Waals surface area contributed by atoms with E-state index >= 15 is 0 Å². The maximum atomic E-state index is 4.93. The third-order valence-corrected chi connectivity index (χ3v) is 5.09. The first-order chi connectivity index (χ1) is 13.8. The number of hydrogen-bond donors (Lipinski definition) is 1. The Kier molecular flexibility index (Phi) is 4.02. The predicted molar refractivity (Wildman–Crippen MR) is 119 cm³/mol. The minimum Gasteiger partial charge on any atom is -0.355 e. The first-order valence-corrected chi connectivity index (χ1v) is 9.49. The monoisotopic (exact) mass is 360 g/mol. The molecular formula is C26H20N2. The van der Waals surface area contributed by atoms with Crippen molar-refractivity contribution < 1.29 is 0 Å². The molecule has 1 heterocycles. The van der Waals surface area contributed by atoms with Crippen molar-refractivity contribution in [1.82, 2.24) is 4.98 Å². The number of nitrogens with zero attached hydrogens (tertiary/aromatic N) is 1. The first-order valence-electron chi connectivity index (χ1n) is 9.49. The van der Waals surface area contributed by atoms with Crippen LogP contribution in [0.4, 0.5) is 11.4 Å². The number of hydrogen-bond acceptors (Lipinski definition) is 2. The van der Waals surface area contributed by atoms with E-state index in [1.807, 2.05) is 6.07 Å². The smallest absolute Gasteiger partial charge is 0.0730 e. The van der Waals surface area contributed by atoms with Gasteiger partial charge in [-0.2, -0.15) is 0 Å². The Balaban J connectivity index is 1.65. The number of anilines is 2. The first kappa shape index (κ1) is 16.5. The molecule has 0 aliphatic heterocycles. The van der Waals surface area contributed by atoms with Gasteiger partial charge in [0.2, 0.25) is 0 Å². The largest absolute Gasteiger partial charge is 0.355 e. The fraction of sp³-hybridized carbons (Fsp3) is 0.0385. The second-order valence-electron chi connectivity index (χ2n) is 7.13. The van der Waals surface area contributed by atoms with E-state index in [9.17, 15) is 0 Å². The summed E-state index contributed by atoms with van der Waals surface area (Å²) in [4.78, 5) is 4.93. The number of para-hydroxylation sites is 1. The van der Waals surface area contributed by atoms with Crippen molar-refractivity contribution >= 4 is 33.1 Å². The van der Waals surface area contributed by atoms with Crippen molar-refractivity contribution in [2.75, 3.05) is 5.32 Å². The standard InChI is InChI=1S/C26H20N2/c1-18-10-14-22(15-11-18)27-26-17-25(28-24-9-5-4-8-23(24)26)21-13-12-19-6-2-3-7-20(19)16-21/h2-17H,1H3,(H,27,28). The third-order valence-electron chi connectivity index (χ3n) is 5.09. The van der Waals surface area contributed by atoms with E-state index in [2.05, 4.69) is 103 Å². The van der Waals surface area contributed by atoms with Crippen molar-refractivity contribution in [1.29, 1.82) is 0 Å². The zero-order valence-corrected chi connectivity index (χ0v) is 15.7. The highest BCUT2D eigenvalue weighted by Crippen LogP contribution is 2.31. The van der Waals surface area contributed by atoms with Crippen LogP contribution in [0, 0.1) is 6.92 Å². The highest BCUT2D eigenvalue weighted by Gasteiger charge is 2.08. The highest BCUT2D eigenvalue weighted by molar-refractivity contribution is 5.96. The summed E-state index contributed by atoms with van der Waals surface area (Å²) in [5, 5.41) is 7.17. The molecule has 5 rings (SSSR count). The maximum Gasteiger partial charge on any atom is 0.0730 e. The van der Waals surface area contributed by atoms with Gasteiger partial charge in [0.05, 0.1) is 16.9 Å². The van der Waals surface area contributed by atoms with Crippen LogP contribution >= 0.6 is 0 Å². The Morgan fingerprint density at radius 3 is 2.29 bits per heavy atom. The summed E-state index contributed by atoms with van der Waals surface area (Å²) in [6.07, 6.45) is 0. The molecule has 4 aromatic carbocycles. The Morgan fingerprint density at radius 1 is 0.679 bits per heavy atom. The lowest BCUT2D eigenvalue weighted by molar-refractivity contribution is 1.39. The Bertz CT molecular complexity index is 1290. The summed E-state index contributed by atoms with van der Waals surface area (Å²) in [5.41, 5.74) is 6.48. The minimum atomic E-state index is 0.971. The molecule has 0 aliphatic rings. The lowest BCUT2D eigenvalue weighted by Crippen LogP contribution is -1.95. The van der Waals surface area contributed by atoms with Gasteiger partial charge in [-0.1, -0.05) is 72.3 Å². The van der Waals surface area contributed by atoms with Gasteiger partial charge in [0.25, 0.3) is 0 Å². The zero-order chi connectivity index (χ0) is 18.9.